The number of benzene rings is 1. The highest BCUT2D eigenvalue weighted by molar-refractivity contribution is 5.48. The fourth-order valence-electron chi connectivity index (χ4n) is 0.868. The molecule has 0 aliphatic heterocycles. The molecule has 0 unspecified atom stereocenters. The summed E-state index contributed by atoms with van der Waals surface area (Å²) in [5.41, 5.74) is 1.28. The lowest BCUT2D eigenvalue weighted by Crippen LogP contribution is -1.76. The molecule has 0 heteroatoms. The Balaban J connectivity index is 0.000000671. The predicted molar refractivity (Wildman–Crippen MR) is 61.7 cm³/mol. The molecule has 0 saturated carbocycles. The van der Waals surface area contributed by atoms with Crippen molar-refractivity contribution >= 4 is 6.08 Å². The topological polar surface area (TPSA) is 0 Å². The van der Waals surface area contributed by atoms with E-state index in [9.17, 15) is 0 Å². The molecule has 0 fully saturated rings. The molecule has 0 aliphatic rings. The van der Waals surface area contributed by atoms with Crippen LogP contribution in [0.1, 0.15) is 33.3 Å². The lowest BCUT2D eigenvalue weighted by molar-refractivity contribution is 0.836. The summed E-state index contributed by atoms with van der Waals surface area (Å²) >= 11 is 0. The Morgan fingerprint density at radius 3 is 2.00 bits per heavy atom. The summed E-state index contributed by atoms with van der Waals surface area (Å²) in [7, 11) is 0. The van der Waals surface area contributed by atoms with E-state index in [1.165, 1.54) is 5.56 Å². The zero-order valence-corrected chi connectivity index (χ0v) is 9.12. The molecule has 0 aliphatic carbocycles. The van der Waals surface area contributed by atoms with E-state index in [1.54, 1.807) is 0 Å². The Bertz CT molecular complexity index is 219. The van der Waals surface area contributed by atoms with Crippen molar-refractivity contribution in [3.63, 3.8) is 0 Å². The van der Waals surface area contributed by atoms with Gasteiger partial charge in [0.25, 0.3) is 0 Å². The van der Waals surface area contributed by atoms with Gasteiger partial charge in [-0.25, -0.2) is 0 Å². The van der Waals surface area contributed by atoms with Crippen LogP contribution < -0.4 is 0 Å². The van der Waals surface area contributed by atoms with E-state index in [2.05, 4.69) is 50.3 Å². The molecule has 1 aromatic rings. The summed E-state index contributed by atoms with van der Waals surface area (Å²) in [5, 5.41) is 0. The number of allylic oxidation sites excluding steroid dienone is 1. The minimum Gasteiger partial charge on any atom is -0.0814 e. The minimum atomic E-state index is 0.634. The maximum Gasteiger partial charge on any atom is -0.0260 e. The molecule has 0 heterocycles. The van der Waals surface area contributed by atoms with Crippen molar-refractivity contribution < 1.29 is 0 Å². The Morgan fingerprint density at radius 2 is 1.54 bits per heavy atom. The van der Waals surface area contributed by atoms with Gasteiger partial charge in [0.1, 0.15) is 0 Å². The van der Waals surface area contributed by atoms with Gasteiger partial charge in [-0.1, -0.05) is 70.2 Å². The smallest absolute Gasteiger partial charge is 0.0260 e. The van der Waals surface area contributed by atoms with E-state index in [4.69, 9.17) is 0 Å². The molecule has 0 amide bonds. The molecule has 0 N–H and O–H groups in total. The van der Waals surface area contributed by atoms with Gasteiger partial charge in [0.2, 0.25) is 0 Å². The molecule has 0 spiro atoms. The third-order valence-electron chi connectivity index (χ3n) is 1.47. The van der Waals surface area contributed by atoms with Crippen molar-refractivity contribution in [2.45, 2.75) is 27.7 Å². The van der Waals surface area contributed by atoms with Gasteiger partial charge in [-0.3, -0.25) is 0 Å². The monoisotopic (exact) mass is 176 g/mol. The van der Waals surface area contributed by atoms with E-state index in [0.717, 1.165) is 0 Å². The van der Waals surface area contributed by atoms with Crippen LogP contribution in [-0.4, -0.2) is 0 Å². The molecule has 0 bridgehead atoms. The van der Waals surface area contributed by atoms with Gasteiger partial charge in [-0.05, 0) is 11.5 Å². The first-order valence-electron chi connectivity index (χ1n) is 5.02. The largest absolute Gasteiger partial charge is 0.0814 e. The standard InChI is InChI=1S/C11H14.C2H6/c1-10(2)8-9-11-6-4-3-5-7-11;1-2/h3-10H,1-2H3;1-2H3/b9-8+;. The summed E-state index contributed by atoms with van der Waals surface area (Å²) < 4.78 is 0. The second-order valence-electron chi connectivity index (χ2n) is 3.01. The second-order valence-corrected chi connectivity index (χ2v) is 3.01. The summed E-state index contributed by atoms with van der Waals surface area (Å²) in [5.74, 6) is 0.634. The lowest BCUT2D eigenvalue weighted by atomic mass is 10.1. The molecule has 72 valence electrons. The Kier molecular flexibility index (Phi) is 6.99. The van der Waals surface area contributed by atoms with Crippen molar-refractivity contribution in [3.05, 3.63) is 42.0 Å². The molecule has 0 nitrogen and oxygen atoms in total. The quantitative estimate of drug-likeness (QED) is 0.627. The summed E-state index contributed by atoms with van der Waals surface area (Å²) in [6, 6.07) is 10.4. The van der Waals surface area contributed by atoms with Crippen LogP contribution in [0, 0.1) is 5.92 Å². The SMILES string of the molecule is CC.CC(C)/C=C/c1ccccc1. The first-order valence-corrected chi connectivity index (χ1v) is 5.02. The lowest BCUT2D eigenvalue weighted by Gasteiger charge is -1.93. The molecule has 0 aromatic heterocycles. The van der Waals surface area contributed by atoms with E-state index < -0.39 is 0 Å². The highest BCUT2D eigenvalue weighted by atomic mass is 13.9. The molecule has 1 rings (SSSR count). The van der Waals surface area contributed by atoms with Gasteiger partial charge in [0.05, 0.1) is 0 Å². The molecular weight excluding hydrogens is 156 g/mol. The van der Waals surface area contributed by atoms with Crippen molar-refractivity contribution in [2.24, 2.45) is 5.92 Å². The summed E-state index contributed by atoms with van der Waals surface area (Å²) in [4.78, 5) is 0. The van der Waals surface area contributed by atoms with Crippen molar-refractivity contribution in [1.29, 1.82) is 0 Å². The van der Waals surface area contributed by atoms with Gasteiger partial charge in [0, 0.05) is 0 Å². The third-order valence-corrected chi connectivity index (χ3v) is 1.47. The zero-order valence-electron chi connectivity index (χ0n) is 9.12. The average Bonchev–Trinajstić information content (AvgIpc) is 2.19. The molecule has 0 saturated heterocycles. The zero-order chi connectivity index (χ0) is 10.1. The molecule has 0 atom stereocenters. The maximum atomic E-state index is 2.20. The summed E-state index contributed by atoms with van der Waals surface area (Å²) in [6.07, 6.45) is 4.36. The van der Waals surface area contributed by atoms with Crippen LogP contribution in [0.5, 0.6) is 0 Å². The van der Waals surface area contributed by atoms with Crippen LogP contribution in [0.4, 0.5) is 0 Å². The second kappa shape index (κ2) is 7.60. The Morgan fingerprint density at radius 1 is 1.00 bits per heavy atom. The van der Waals surface area contributed by atoms with Crippen LogP contribution in [0.3, 0.4) is 0 Å². The van der Waals surface area contributed by atoms with Gasteiger partial charge < -0.3 is 0 Å². The fraction of sp³-hybridized carbons (Fsp3) is 0.385. The minimum absolute atomic E-state index is 0.634. The van der Waals surface area contributed by atoms with Crippen LogP contribution in [0.25, 0.3) is 6.08 Å². The highest BCUT2D eigenvalue weighted by Crippen LogP contribution is 2.03. The van der Waals surface area contributed by atoms with E-state index in [1.807, 2.05) is 19.9 Å². The molecule has 1 aromatic carbocycles. The number of rotatable bonds is 2. The van der Waals surface area contributed by atoms with Crippen LogP contribution >= 0.6 is 0 Å². The average molecular weight is 176 g/mol. The van der Waals surface area contributed by atoms with Gasteiger partial charge in [0.15, 0.2) is 0 Å². The summed E-state index contributed by atoms with van der Waals surface area (Å²) in [6.45, 7) is 8.36. The van der Waals surface area contributed by atoms with E-state index in [0.29, 0.717) is 5.92 Å². The van der Waals surface area contributed by atoms with E-state index >= 15 is 0 Å². The third kappa shape index (κ3) is 6.15. The van der Waals surface area contributed by atoms with Crippen LogP contribution in [0.2, 0.25) is 0 Å². The van der Waals surface area contributed by atoms with Gasteiger partial charge in [-0.2, -0.15) is 0 Å². The van der Waals surface area contributed by atoms with Crippen molar-refractivity contribution in [1.82, 2.24) is 0 Å². The van der Waals surface area contributed by atoms with Crippen LogP contribution in [-0.2, 0) is 0 Å². The Labute approximate surface area is 82.3 Å². The van der Waals surface area contributed by atoms with Crippen LogP contribution in [0.15, 0.2) is 36.4 Å². The first kappa shape index (κ1) is 12.0. The number of hydrogen-bond donors (Lipinski definition) is 0. The molecule has 13 heavy (non-hydrogen) atoms. The predicted octanol–water partition coefficient (Wildman–Crippen LogP) is 4.38. The fourth-order valence-corrected chi connectivity index (χ4v) is 0.868. The normalized spacial score (nSPS) is 9.92. The van der Waals surface area contributed by atoms with Gasteiger partial charge in [-0.15, -0.1) is 0 Å². The maximum absolute atomic E-state index is 2.20. The molecule has 0 radical (unpaired) electrons. The van der Waals surface area contributed by atoms with E-state index in [-0.39, 0.29) is 0 Å². The highest BCUT2D eigenvalue weighted by Gasteiger charge is 1.84. The number of hydrogen-bond acceptors (Lipinski definition) is 0. The van der Waals surface area contributed by atoms with Gasteiger partial charge >= 0.3 is 0 Å². The van der Waals surface area contributed by atoms with Crippen molar-refractivity contribution in [2.75, 3.05) is 0 Å². The van der Waals surface area contributed by atoms with Crippen molar-refractivity contribution in [3.8, 4) is 0 Å². The Hall–Kier alpha value is -1.04. The molecular formula is C13H20. The first-order chi connectivity index (χ1) is 6.29.